The van der Waals surface area contributed by atoms with Crippen LogP contribution in [0.15, 0.2) is 30.3 Å². The average molecular weight is 231 g/mol. The summed E-state index contributed by atoms with van der Waals surface area (Å²) in [7, 11) is 0. The van der Waals surface area contributed by atoms with E-state index in [1.54, 1.807) is 0 Å². The molecule has 1 aromatic carbocycles. The minimum absolute atomic E-state index is 0.106. The SMILES string of the molecule is NC(=O)C1CCCC(Cc2ccccc2)CC1. The fraction of sp³-hybridized carbons (Fsp3) is 0.533. The van der Waals surface area contributed by atoms with Gasteiger partial charge in [0.15, 0.2) is 0 Å². The van der Waals surface area contributed by atoms with Crippen LogP contribution < -0.4 is 5.73 Å². The number of amides is 1. The van der Waals surface area contributed by atoms with E-state index in [9.17, 15) is 4.79 Å². The maximum Gasteiger partial charge on any atom is 0.220 e. The monoisotopic (exact) mass is 231 g/mol. The summed E-state index contributed by atoms with van der Waals surface area (Å²) in [6, 6.07) is 10.6. The Kier molecular flexibility index (Phi) is 4.18. The molecule has 0 bridgehead atoms. The summed E-state index contributed by atoms with van der Waals surface area (Å²) in [5, 5.41) is 0. The Morgan fingerprint density at radius 2 is 1.88 bits per heavy atom. The molecule has 0 aliphatic heterocycles. The molecular weight excluding hydrogens is 210 g/mol. The van der Waals surface area contributed by atoms with Crippen molar-refractivity contribution < 1.29 is 4.79 Å². The highest BCUT2D eigenvalue weighted by atomic mass is 16.1. The lowest BCUT2D eigenvalue weighted by atomic mass is 9.92. The molecule has 0 radical (unpaired) electrons. The molecular formula is C15H21NO. The van der Waals surface area contributed by atoms with Crippen molar-refractivity contribution in [2.45, 2.75) is 38.5 Å². The van der Waals surface area contributed by atoms with Gasteiger partial charge >= 0.3 is 0 Å². The van der Waals surface area contributed by atoms with Gasteiger partial charge in [0.05, 0.1) is 0 Å². The first kappa shape index (κ1) is 12.2. The highest BCUT2D eigenvalue weighted by Crippen LogP contribution is 2.29. The Morgan fingerprint density at radius 3 is 2.59 bits per heavy atom. The maximum absolute atomic E-state index is 11.2. The number of benzene rings is 1. The van der Waals surface area contributed by atoms with E-state index >= 15 is 0 Å². The Bertz CT molecular complexity index is 360. The molecule has 92 valence electrons. The second-order valence-corrected chi connectivity index (χ2v) is 5.16. The first-order chi connectivity index (χ1) is 8.25. The molecule has 1 aromatic rings. The largest absolute Gasteiger partial charge is 0.369 e. The first-order valence-electron chi connectivity index (χ1n) is 6.59. The average Bonchev–Trinajstić information content (AvgIpc) is 2.56. The fourth-order valence-corrected chi connectivity index (χ4v) is 2.81. The molecule has 0 spiro atoms. The lowest BCUT2D eigenvalue weighted by Gasteiger charge is -2.14. The smallest absolute Gasteiger partial charge is 0.220 e. The van der Waals surface area contributed by atoms with Crippen LogP contribution in [0, 0.1) is 11.8 Å². The highest BCUT2D eigenvalue weighted by Gasteiger charge is 2.22. The minimum Gasteiger partial charge on any atom is -0.369 e. The van der Waals surface area contributed by atoms with Gasteiger partial charge in [-0.05, 0) is 37.2 Å². The first-order valence-corrected chi connectivity index (χ1v) is 6.59. The third-order valence-corrected chi connectivity index (χ3v) is 3.86. The van der Waals surface area contributed by atoms with Crippen molar-refractivity contribution >= 4 is 5.91 Å². The minimum atomic E-state index is -0.106. The van der Waals surface area contributed by atoms with Crippen LogP contribution in [-0.2, 0) is 11.2 Å². The van der Waals surface area contributed by atoms with Gasteiger partial charge in [-0.1, -0.05) is 43.2 Å². The molecule has 2 rings (SSSR count). The summed E-state index contributed by atoms with van der Waals surface area (Å²) in [6.07, 6.45) is 6.63. The third kappa shape index (κ3) is 3.58. The number of carbonyl (C=O) groups excluding carboxylic acids is 1. The lowest BCUT2D eigenvalue weighted by Crippen LogP contribution is -2.22. The van der Waals surface area contributed by atoms with E-state index < -0.39 is 0 Å². The van der Waals surface area contributed by atoms with Crippen LogP contribution in [0.3, 0.4) is 0 Å². The molecule has 1 fully saturated rings. The van der Waals surface area contributed by atoms with E-state index in [1.165, 1.54) is 12.0 Å². The quantitative estimate of drug-likeness (QED) is 0.799. The van der Waals surface area contributed by atoms with Crippen LogP contribution >= 0.6 is 0 Å². The second kappa shape index (κ2) is 5.85. The van der Waals surface area contributed by atoms with E-state index in [0.29, 0.717) is 0 Å². The number of hydrogen-bond donors (Lipinski definition) is 1. The molecule has 1 amide bonds. The van der Waals surface area contributed by atoms with Crippen LogP contribution in [-0.4, -0.2) is 5.91 Å². The highest BCUT2D eigenvalue weighted by molar-refractivity contribution is 5.76. The van der Waals surface area contributed by atoms with Crippen LogP contribution in [0.25, 0.3) is 0 Å². The third-order valence-electron chi connectivity index (χ3n) is 3.86. The molecule has 2 N–H and O–H groups in total. The second-order valence-electron chi connectivity index (χ2n) is 5.16. The van der Waals surface area contributed by atoms with Crippen molar-refractivity contribution in [1.82, 2.24) is 0 Å². The lowest BCUT2D eigenvalue weighted by molar-refractivity contribution is -0.122. The summed E-state index contributed by atoms with van der Waals surface area (Å²) < 4.78 is 0. The van der Waals surface area contributed by atoms with E-state index in [-0.39, 0.29) is 11.8 Å². The Morgan fingerprint density at radius 1 is 1.12 bits per heavy atom. The van der Waals surface area contributed by atoms with Gasteiger partial charge in [-0.25, -0.2) is 0 Å². The number of nitrogens with two attached hydrogens (primary N) is 1. The van der Waals surface area contributed by atoms with Crippen LogP contribution in [0.2, 0.25) is 0 Å². The van der Waals surface area contributed by atoms with Crippen LogP contribution in [0.1, 0.15) is 37.7 Å². The number of carbonyl (C=O) groups is 1. The van der Waals surface area contributed by atoms with Gasteiger partial charge in [0.2, 0.25) is 5.91 Å². The Balaban J connectivity index is 1.89. The molecule has 0 saturated heterocycles. The zero-order chi connectivity index (χ0) is 12.1. The van der Waals surface area contributed by atoms with Gasteiger partial charge in [0, 0.05) is 5.92 Å². The number of primary amides is 1. The van der Waals surface area contributed by atoms with Gasteiger partial charge in [0.25, 0.3) is 0 Å². The predicted molar refractivity (Wildman–Crippen MR) is 69.4 cm³/mol. The molecule has 1 aliphatic rings. The summed E-state index contributed by atoms with van der Waals surface area (Å²) >= 11 is 0. The van der Waals surface area contributed by atoms with E-state index in [1.807, 2.05) is 0 Å². The van der Waals surface area contributed by atoms with Crippen molar-refractivity contribution in [3.05, 3.63) is 35.9 Å². The van der Waals surface area contributed by atoms with Crippen molar-refractivity contribution in [2.24, 2.45) is 17.6 Å². The molecule has 0 aromatic heterocycles. The molecule has 17 heavy (non-hydrogen) atoms. The van der Waals surface area contributed by atoms with E-state index in [4.69, 9.17) is 5.73 Å². The van der Waals surface area contributed by atoms with Gasteiger partial charge in [-0.3, -0.25) is 4.79 Å². The molecule has 2 atom stereocenters. The topological polar surface area (TPSA) is 43.1 Å². The van der Waals surface area contributed by atoms with Crippen molar-refractivity contribution in [3.8, 4) is 0 Å². The van der Waals surface area contributed by atoms with Gasteiger partial charge < -0.3 is 5.73 Å². The van der Waals surface area contributed by atoms with Crippen molar-refractivity contribution in [2.75, 3.05) is 0 Å². The van der Waals surface area contributed by atoms with Gasteiger partial charge in [0.1, 0.15) is 0 Å². The van der Waals surface area contributed by atoms with Gasteiger partial charge in [-0.2, -0.15) is 0 Å². The maximum atomic E-state index is 11.2. The van der Waals surface area contributed by atoms with Crippen LogP contribution in [0.5, 0.6) is 0 Å². The summed E-state index contributed by atoms with van der Waals surface area (Å²) in [5.41, 5.74) is 6.81. The summed E-state index contributed by atoms with van der Waals surface area (Å²) in [4.78, 5) is 11.2. The molecule has 1 saturated carbocycles. The van der Waals surface area contributed by atoms with Crippen LogP contribution in [0.4, 0.5) is 0 Å². The fourth-order valence-electron chi connectivity index (χ4n) is 2.81. The Labute approximate surface area is 103 Å². The molecule has 0 heterocycles. The Hall–Kier alpha value is -1.31. The molecule has 1 aliphatic carbocycles. The molecule has 2 unspecified atom stereocenters. The summed E-state index contributed by atoms with van der Waals surface area (Å²) in [6.45, 7) is 0. The number of hydrogen-bond acceptors (Lipinski definition) is 1. The summed E-state index contributed by atoms with van der Waals surface area (Å²) in [5.74, 6) is 0.739. The molecule has 2 heteroatoms. The van der Waals surface area contributed by atoms with E-state index in [0.717, 1.165) is 38.0 Å². The molecule has 2 nitrogen and oxygen atoms in total. The van der Waals surface area contributed by atoms with Crippen molar-refractivity contribution in [1.29, 1.82) is 0 Å². The zero-order valence-electron chi connectivity index (χ0n) is 10.3. The van der Waals surface area contributed by atoms with E-state index in [2.05, 4.69) is 30.3 Å². The normalized spacial score (nSPS) is 25.2. The zero-order valence-corrected chi connectivity index (χ0v) is 10.3. The standard InChI is InChI=1S/C15H21NO/c16-15(17)14-8-4-7-13(9-10-14)11-12-5-2-1-3-6-12/h1-3,5-6,13-14H,4,7-11H2,(H2,16,17). The predicted octanol–water partition coefficient (Wildman–Crippen LogP) is 2.91. The number of rotatable bonds is 3. The van der Waals surface area contributed by atoms with Gasteiger partial charge in [-0.15, -0.1) is 0 Å². The van der Waals surface area contributed by atoms with Crippen molar-refractivity contribution in [3.63, 3.8) is 0 Å².